The quantitative estimate of drug-likeness (QED) is 0.837. The lowest BCUT2D eigenvalue weighted by atomic mass is 10.2. The first-order valence-electron chi connectivity index (χ1n) is 4.18. The summed E-state index contributed by atoms with van der Waals surface area (Å²) in [4.78, 5) is 13.9. The van der Waals surface area contributed by atoms with Gasteiger partial charge in [0.15, 0.2) is 0 Å². The Labute approximate surface area is 95.6 Å². The molecule has 1 heterocycles. The number of hydrogen-bond donors (Lipinski definition) is 1. The number of benzene rings is 1. The minimum absolute atomic E-state index is 0.00239. The molecule has 0 aliphatic heterocycles. The molecule has 3 nitrogen and oxygen atoms in total. The first-order chi connectivity index (χ1) is 7.13. The molecule has 0 amide bonds. The van der Waals surface area contributed by atoms with Gasteiger partial charge in [-0.2, -0.15) is 0 Å². The molecule has 5 heteroatoms. The predicted octanol–water partition coefficient (Wildman–Crippen LogP) is 2.84. The Hall–Kier alpha value is -1.19. The van der Waals surface area contributed by atoms with E-state index >= 15 is 0 Å². The van der Waals surface area contributed by atoms with Gasteiger partial charge in [-0.3, -0.25) is 4.79 Å². The largest absolute Gasteiger partial charge is 0.497 e. The molecule has 0 saturated heterocycles. The van der Waals surface area contributed by atoms with Crippen molar-refractivity contribution in [2.45, 2.75) is 0 Å². The molecule has 0 radical (unpaired) electrons. The second-order valence-electron chi connectivity index (χ2n) is 2.99. The molecule has 0 saturated carbocycles. The van der Waals surface area contributed by atoms with Gasteiger partial charge in [0, 0.05) is 5.39 Å². The van der Waals surface area contributed by atoms with E-state index < -0.39 is 0 Å². The minimum Gasteiger partial charge on any atom is -0.497 e. The van der Waals surface area contributed by atoms with Gasteiger partial charge >= 0.3 is 0 Å². The van der Waals surface area contributed by atoms with Crippen LogP contribution in [0.15, 0.2) is 23.0 Å². The zero-order valence-electron chi connectivity index (χ0n) is 7.80. The van der Waals surface area contributed by atoms with Crippen LogP contribution in [0.5, 0.6) is 5.75 Å². The highest BCUT2D eigenvalue weighted by molar-refractivity contribution is 6.45. The summed E-state index contributed by atoms with van der Waals surface area (Å²) in [6.07, 6.45) is 0. The first-order valence-corrected chi connectivity index (χ1v) is 4.94. The lowest BCUT2D eigenvalue weighted by Crippen LogP contribution is -2.06. The molecule has 0 bridgehead atoms. The predicted molar refractivity (Wildman–Crippen MR) is 61.1 cm³/mol. The van der Waals surface area contributed by atoms with E-state index in [0.29, 0.717) is 16.7 Å². The van der Waals surface area contributed by atoms with Gasteiger partial charge in [-0.1, -0.05) is 23.2 Å². The Bertz CT molecular complexity index is 577. The van der Waals surface area contributed by atoms with Crippen molar-refractivity contribution in [3.63, 3.8) is 0 Å². The van der Waals surface area contributed by atoms with Crippen molar-refractivity contribution in [1.82, 2.24) is 4.98 Å². The van der Waals surface area contributed by atoms with E-state index in [9.17, 15) is 4.79 Å². The molecule has 2 aromatic rings. The third kappa shape index (κ3) is 1.68. The fourth-order valence-electron chi connectivity index (χ4n) is 1.34. The molecule has 0 fully saturated rings. The molecule has 0 aliphatic carbocycles. The Balaban J connectivity index is 2.87. The topological polar surface area (TPSA) is 42.1 Å². The van der Waals surface area contributed by atoms with E-state index in [1.807, 2.05) is 0 Å². The van der Waals surface area contributed by atoms with Crippen molar-refractivity contribution >= 4 is 34.1 Å². The molecule has 78 valence electrons. The fraction of sp³-hybridized carbons (Fsp3) is 0.100. The number of ether oxygens (including phenoxy) is 1. The number of fused-ring (bicyclic) bond motifs is 1. The van der Waals surface area contributed by atoms with Crippen LogP contribution >= 0.6 is 23.2 Å². The molecule has 0 spiro atoms. The average Bonchev–Trinajstić information content (AvgIpc) is 2.26. The standard InChI is InChI=1S/C10H7Cl2NO2/c1-15-5-2-3-7-6(4-5)8(11)9(12)10(14)13-7/h2-4H,1H3,(H,13,14). The molecule has 1 N–H and O–H groups in total. The van der Waals surface area contributed by atoms with Gasteiger partial charge in [0.1, 0.15) is 10.8 Å². The minimum atomic E-state index is -0.390. The maximum atomic E-state index is 11.3. The highest BCUT2D eigenvalue weighted by atomic mass is 35.5. The summed E-state index contributed by atoms with van der Waals surface area (Å²) in [5, 5.41) is 0.910. The van der Waals surface area contributed by atoms with Gasteiger partial charge in [-0.05, 0) is 18.2 Å². The zero-order valence-corrected chi connectivity index (χ0v) is 9.32. The summed E-state index contributed by atoms with van der Waals surface area (Å²) in [6.45, 7) is 0. The molecule has 2 rings (SSSR count). The third-order valence-corrected chi connectivity index (χ3v) is 2.95. The van der Waals surface area contributed by atoms with Crippen molar-refractivity contribution in [3.8, 4) is 5.75 Å². The average molecular weight is 244 g/mol. The number of aromatic nitrogens is 1. The van der Waals surface area contributed by atoms with Gasteiger partial charge < -0.3 is 9.72 Å². The van der Waals surface area contributed by atoms with Crippen LogP contribution in [0.2, 0.25) is 10.0 Å². The number of methoxy groups -OCH3 is 1. The van der Waals surface area contributed by atoms with Crippen LogP contribution in [0.1, 0.15) is 0 Å². The van der Waals surface area contributed by atoms with Gasteiger partial charge in [-0.25, -0.2) is 0 Å². The van der Waals surface area contributed by atoms with Gasteiger partial charge in [-0.15, -0.1) is 0 Å². The van der Waals surface area contributed by atoms with Crippen molar-refractivity contribution in [1.29, 1.82) is 0 Å². The van der Waals surface area contributed by atoms with Crippen molar-refractivity contribution in [2.75, 3.05) is 7.11 Å². The van der Waals surface area contributed by atoms with E-state index in [4.69, 9.17) is 27.9 Å². The number of hydrogen-bond acceptors (Lipinski definition) is 2. The summed E-state index contributed by atoms with van der Waals surface area (Å²) in [5.74, 6) is 0.660. The fourth-order valence-corrected chi connectivity index (χ4v) is 1.73. The van der Waals surface area contributed by atoms with Crippen LogP contribution in [0.4, 0.5) is 0 Å². The molecule has 0 aliphatic rings. The summed E-state index contributed by atoms with van der Waals surface area (Å²) >= 11 is 11.7. The van der Waals surface area contributed by atoms with Crippen LogP contribution in [0, 0.1) is 0 Å². The van der Waals surface area contributed by atoms with Crippen molar-refractivity contribution in [3.05, 3.63) is 38.6 Å². The number of pyridine rings is 1. The SMILES string of the molecule is COc1ccc2[nH]c(=O)c(Cl)c(Cl)c2c1. The Morgan fingerprint density at radius 3 is 2.67 bits per heavy atom. The molecule has 0 atom stereocenters. The molecule has 1 aromatic heterocycles. The zero-order chi connectivity index (χ0) is 11.0. The number of halogens is 2. The smallest absolute Gasteiger partial charge is 0.268 e. The number of nitrogens with one attached hydrogen (secondary N) is 1. The van der Waals surface area contributed by atoms with E-state index in [1.54, 1.807) is 25.3 Å². The summed E-state index contributed by atoms with van der Waals surface area (Å²) in [5.41, 5.74) is 0.245. The summed E-state index contributed by atoms with van der Waals surface area (Å²) in [7, 11) is 1.56. The van der Waals surface area contributed by atoms with Gasteiger partial charge in [0.25, 0.3) is 5.56 Å². The summed E-state index contributed by atoms with van der Waals surface area (Å²) < 4.78 is 5.05. The molecule has 0 unspecified atom stereocenters. The van der Waals surface area contributed by atoms with Crippen LogP contribution in [0.25, 0.3) is 10.9 Å². The van der Waals surface area contributed by atoms with E-state index in [1.165, 1.54) is 0 Å². The van der Waals surface area contributed by atoms with Crippen molar-refractivity contribution < 1.29 is 4.74 Å². The van der Waals surface area contributed by atoms with Crippen LogP contribution < -0.4 is 10.3 Å². The molecular weight excluding hydrogens is 237 g/mol. The van der Waals surface area contributed by atoms with Crippen LogP contribution in [0.3, 0.4) is 0 Å². The van der Waals surface area contributed by atoms with Crippen molar-refractivity contribution in [2.24, 2.45) is 0 Å². The number of rotatable bonds is 1. The normalized spacial score (nSPS) is 10.6. The maximum absolute atomic E-state index is 11.3. The van der Waals surface area contributed by atoms with E-state index in [-0.39, 0.29) is 15.6 Å². The molecule has 15 heavy (non-hydrogen) atoms. The summed E-state index contributed by atoms with van der Waals surface area (Å²) in [6, 6.07) is 5.18. The first kappa shape index (κ1) is 10.3. The lowest BCUT2D eigenvalue weighted by molar-refractivity contribution is 0.415. The molecular formula is C10H7Cl2NO2. The Morgan fingerprint density at radius 1 is 1.27 bits per heavy atom. The second kappa shape index (κ2) is 3.76. The second-order valence-corrected chi connectivity index (χ2v) is 3.75. The monoisotopic (exact) mass is 243 g/mol. The van der Waals surface area contributed by atoms with E-state index in [0.717, 1.165) is 0 Å². The Morgan fingerprint density at radius 2 is 2.00 bits per heavy atom. The molecule has 1 aromatic carbocycles. The van der Waals surface area contributed by atoms with Crippen LogP contribution in [-0.4, -0.2) is 12.1 Å². The van der Waals surface area contributed by atoms with Gasteiger partial charge in [0.05, 0.1) is 17.6 Å². The van der Waals surface area contributed by atoms with Crippen LogP contribution in [-0.2, 0) is 0 Å². The third-order valence-electron chi connectivity index (χ3n) is 2.10. The highest BCUT2D eigenvalue weighted by Gasteiger charge is 2.09. The lowest BCUT2D eigenvalue weighted by Gasteiger charge is -2.04. The number of H-pyrrole nitrogens is 1. The highest BCUT2D eigenvalue weighted by Crippen LogP contribution is 2.29. The number of aromatic amines is 1. The van der Waals surface area contributed by atoms with E-state index in [2.05, 4.69) is 4.98 Å². The maximum Gasteiger partial charge on any atom is 0.268 e. The Kier molecular flexibility index (Phi) is 2.59. The van der Waals surface area contributed by atoms with Gasteiger partial charge in [0.2, 0.25) is 0 Å².